The van der Waals surface area contributed by atoms with Crippen molar-refractivity contribution in [1.29, 1.82) is 0 Å². The topological polar surface area (TPSA) is 35.2 Å². The first-order valence-corrected chi connectivity index (χ1v) is 6.41. The van der Waals surface area contributed by atoms with E-state index in [0.717, 1.165) is 0 Å². The minimum Gasteiger partial charge on any atom is -0.455 e. The summed E-state index contributed by atoms with van der Waals surface area (Å²) in [5, 5.41) is 0.702. The number of rotatable bonds is 3. The fourth-order valence-electron chi connectivity index (χ4n) is 1.65. The first kappa shape index (κ1) is 14.1. The number of halogens is 3. The fraction of sp³-hybridized carbons (Fsp3) is 0.143. The molecule has 0 saturated heterocycles. The van der Waals surface area contributed by atoms with Crippen LogP contribution in [0.25, 0.3) is 0 Å². The quantitative estimate of drug-likeness (QED) is 0.871. The lowest BCUT2D eigenvalue weighted by atomic mass is 10.1. The van der Waals surface area contributed by atoms with Crippen molar-refractivity contribution in [3.63, 3.8) is 0 Å². The van der Waals surface area contributed by atoms with E-state index in [0.29, 0.717) is 27.1 Å². The van der Waals surface area contributed by atoms with E-state index in [-0.39, 0.29) is 11.9 Å². The number of ether oxygens (including phenoxy) is 1. The molecule has 0 heterocycles. The second kappa shape index (κ2) is 5.78. The van der Waals surface area contributed by atoms with Gasteiger partial charge in [-0.25, -0.2) is 4.39 Å². The highest BCUT2D eigenvalue weighted by molar-refractivity contribution is 6.42. The molecule has 0 aliphatic carbocycles. The van der Waals surface area contributed by atoms with E-state index in [4.69, 9.17) is 33.7 Å². The Hall–Kier alpha value is -1.29. The molecule has 19 heavy (non-hydrogen) atoms. The smallest absolute Gasteiger partial charge is 0.147 e. The van der Waals surface area contributed by atoms with Crippen LogP contribution in [0.5, 0.6) is 11.5 Å². The molecule has 5 heteroatoms. The summed E-state index contributed by atoms with van der Waals surface area (Å²) in [6.07, 6.45) is 0. The molecule has 0 amide bonds. The van der Waals surface area contributed by atoms with Gasteiger partial charge in [0.1, 0.15) is 22.3 Å². The number of benzene rings is 2. The van der Waals surface area contributed by atoms with Gasteiger partial charge in [0.15, 0.2) is 0 Å². The lowest BCUT2D eigenvalue weighted by molar-refractivity contribution is 0.469. The molecular weight excluding hydrogens is 288 g/mol. The minimum atomic E-state index is -0.364. The molecule has 0 aliphatic heterocycles. The standard InChI is InChI=1S/C14H12Cl2FNO/c1-8(18)10-7-9(17)5-6-12(10)19-13-4-2-3-11(15)14(13)16/h2-8H,18H2,1H3/t8-/m1/s1. The van der Waals surface area contributed by atoms with Crippen LogP contribution >= 0.6 is 23.2 Å². The lowest BCUT2D eigenvalue weighted by Gasteiger charge is -2.15. The largest absolute Gasteiger partial charge is 0.455 e. The van der Waals surface area contributed by atoms with Crippen LogP contribution in [-0.4, -0.2) is 0 Å². The maximum Gasteiger partial charge on any atom is 0.147 e. The predicted molar refractivity (Wildman–Crippen MR) is 75.5 cm³/mol. The first-order chi connectivity index (χ1) is 8.99. The van der Waals surface area contributed by atoms with Crippen molar-refractivity contribution in [2.75, 3.05) is 0 Å². The van der Waals surface area contributed by atoms with Crippen molar-refractivity contribution < 1.29 is 9.13 Å². The molecule has 0 saturated carbocycles. The van der Waals surface area contributed by atoms with E-state index in [1.165, 1.54) is 18.2 Å². The van der Waals surface area contributed by atoms with Gasteiger partial charge in [-0.05, 0) is 37.3 Å². The SMILES string of the molecule is C[C@@H](N)c1cc(F)ccc1Oc1cccc(Cl)c1Cl. The van der Waals surface area contributed by atoms with Crippen LogP contribution in [0, 0.1) is 5.82 Å². The summed E-state index contributed by atoms with van der Waals surface area (Å²) in [5.41, 5.74) is 6.37. The molecule has 0 bridgehead atoms. The first-order valence-electron chi connectivity index (χ1n) is 5.66. The van der Waals surface area contributed by atoms with E-state index in [9.17, 15) is 4.39 Å². The third kappa shape index (κ3) is 3.18. The molecule has 1 atom stereocenters. The Morgan fingerprint density at radius 1 is 1.16 bits per heavy atom. The van der Waals surface area contributed by atoms with E-state index in [2.05, 4.69) is 0 Å². The Labute approximate surface area is 120 Å². The van der Waals surface area contributed by atoms with Crippen LogP contribution in [-0.2, 0) is 0 Å². The minimum absolute atomic E-state index is 0.309. The predicted octanol–water partition coefficient (Wildman–Crippen LogP) is 4.94. The van der Waals surface area contributed by atoms with Crippen molar-refractivity contribution in [2.24, 2.45) is 5.73 Å². The molecule has 2 N–H and O–H groups in total. The van der Waals surface area contributed by atoms with Crippen molar-refractivity contribution >= 4 is 23.2 Å². The van der Waals surface area contributed by atoms with Crippen LogP contribution in [0.3, 0.4) is 0 Å². The van der Waals surface area contributed by atoms with Gasteiger partial charge in [-0.15, -0.1) is 0 Å². The van der Waals surface area contributed by atoms with Gasteiger partial charge < -0.3 is 10.5 Å². The van der Waals surface area contributed by atoms with Gasteiger partial charge in [-0.2, -0.15) is 0 Å². The summed E-state index contributed by atoms with van der Waals surface area (Å²) in [6.45, 7) is 1.75. The lowest BCUT2D eigenvalue weighted by Crippen LogP contribution is -2.07. The monoisotopic (exact) mass is 299 g/mol. The maximum absolute atomic E-state index is 13.2. The number of hydrogen-bond donors (Lipinski definition) is 1. The maximum atomic E-state index is 13.2. The highest BCUT2D eigenvalue weighted by Crippen LogP contribution is 2.36. The summed E-state index contributed by atoms with van der Waals surface area (Å²) in [6, 6.07) is 8.88. The summed E-state index contributed by atoms with van der Waals surface area (Å²) in [5.74, 6) is 0.500. The van der Waals surface area contributed by atoms with Crippen molar-refractivity contribution in [3.8, 4) is 11.5 Å². The zero-order valence-electron chi connectivity index (χ0n) is 10.2. The van der Waals surface area contributed by atoms with Crippen molar-refractivity contribution in [2.45, 2.75) is 13.0 Å². The van der Waals surface area contributed by atoms with Crippen LogP contribution in [0.2, 0.25) is 10.0 Å². The van der Waals surface area contributed by atoms with E-state index >= 15 is 0 Å². The zero-order chi connectivity index (χ0) is 14.0. The Morgan fingerprint density at radius 2 is 1.89 bits per heavy atom. The van der Waals surface area contributed by atoms with Gasteiger partial charge >= 0.3 is 0 Å². The van der Waals surface area contributed by atoms with Crippen molar-refractivity contribution in [1.82, 2.24) is 0 Å². The average molecular weight is 300 g/mol. The van der Waals surface area contributed by atoms with E-state index in [1.54, 1.807) is 25.1 Å². The number of nitrogens with two attached hydrogens (primary N) is 1. The van der Waals surface area contributed by atoms with Crippen LogP contribution in [0.1, 0.15) is 18.5 Å². The molecule has 2 aromatic rings. The van der Waals surface area contributed by atoms with E-state index < -0.39 is 0 Å². The Kier molecular flexibility index (Phi) is 4.30. The molecular formula is C14H12Cl2FNO. The summed E-state index contributed by atoms with van der Waals surface area (Å²) >= 11 is 12.0. The van der Waals surface area contributed by atoms with Crippen LogP contribution in [0.4, 0.5) is 4.39 Å². The summed E-state index contributed by atoms with van der Waals surface area (Å²) < 4.78 is 18.9. The second-order valence-corrected chi connectivity index (χ2v) is 4.91. The van der Waals surface area contributed by atoms with Gasteiger partial charge in [0.2, 0.25) is 0 Å². The van der Waals surface area contributed by atoms with Gasteiger partial charge in [0, 0.05) is 11.6 Å². The van der Waals surface area contributed by atoms with Gasteiger partial charge in [-0.3, -0.25) is 0 Å². The van der Waals surface area contributed by atoms with Crippen LogP contribution < -0.4 is 10.5 Å². The zero-order valence-corrected chi connectivity index (χ0v) is 11.7. The highest BCUT2D eigenvalue weighted by atomic mass is 35.5. The van der Waals surface area contributed by atoms with Gasteiger partial charge in [0.25, 0.3) is 0 Å². The average Bonchev–Trinajstić information content (AvgIpc) is 2.36. The molecule has 2 nitrogen and oxygen atoms in total. The third-order valence-electron chi connectivity index (χ3n) is 2.60. The summed E-state index contributed by atoms with van der Waals surface area (Å²) in [4.78, 5) is 0. The van der Waals surface area contributed by atoms with Crippen LogP contribution in [0.15, 0.2) is 36.4 Å². The molecule has 0 aromatic heterocycles. The Bertz CT molecular complexity index is 602. The third-order valence-corrected chi connectivity index (χ3v) is 3.40. The molecule has 0 aliphatic rings. The molecule has 0 unspecified atom stereocenters. The highest BCUT2D eigenvalue weighted by Gasteiger charge is 2.13. The molecule has 0 fully saturated rings. The van der Waals surface area contributed by atoms with E-state index in [1.807, 2.05) is 0 Å². The molecule has 0 spiro atoms. The summed E-state index contributed by atoms with van der Waals surface area (Å²) in [7, 11) is 0. The van der Waals surface area contributed by atoms with Gasteiger partial charge in [0.05, 0.1) is 5.02 Å². The molecule has 0 radical (unpaired) electrons. The second-order valence-electron chi connectivity index (χ2n) is 4.12. The molecule has 100 valence electrons. The number of hydrogen-bond acceptors (Lipinski definition) is 2. The van der Waals surface area contributed by atoms with Crippen molar-refractivity contribution in [3.05, 3.63) is 57.8 Å². The normalized spacial score (nSPS) is 12.3. The molecule has 2 aromatic carbocycles. The molecule has 2 rings (SSSR count). The Balaban J connectivity index is 2.41. The Morgan fingerprint density at radius 3 is 2.58 bits per heavy atom. The fourth-order valence-corrected chi connectivity index (χ4v) is 1.98. The van der Waals surface area contributed by atoms with Gasteiger partial charge in [-0.1, -0.05) is 29.3 Å².